The Balaban J connectivity index is 1.49. The zero-order valence-electron chi connectivity index (χ0n) is 15.3. The van der Waals surface area contributed by atoms with E-state index in [2.05, 4.69) is 4.72 Å². The molecule has 1 heterocycles. The van der Waals surface area contributed by atoms with Crippen LogP contribution in [0.2, 0.25) is 0 Å². The first-order chi connectivity index (χ1) is 13.0. The van der Waals surface area contributed by atoms with Crippen molar-refractivity contribution >= 4 is 15.9 Å². The number of nitrogens with one attached hydrogen (secondary N) is 1. The zero-order valence-corrected chi connectivity index (χ0v) is 16.1. The molecule has 1 saturated heterocycles. The molecule has 2 aliphatic rings. The molecule has 1 fully saturated rings. The molecule has 0 saturated carbocycles. The van der Waals surface area contributed by atoms with Crippen LogP contribution in [0.3, 0.4) is 0 Å². The normalized spacial score (nSPS) is 16.7. The summed E-state index contributed by atoms with van der Waals surface area (Å²) >= 11 is 0. The van der Waals surface area contributed by atoms with Crippen LogP contribution in [0.25, 0.3) is 0 Å². The number of amides is 1. The number of carbonyl (C=O) groups is 1. The van der Waals surface area contributed by atoms with E-state index >= 15 is 0 Å². The Morgan fingerprint density at radius 3 is 2.48 bits per heavy atom. The van der Waals surface area contributed by atoms with Crippen molar-refractivity contribution in [1.82, 2.24) is 9.62 Å². The van der Waals surface area contributed by atoms with E-state index in [1.165, 1.54) is 5.56 Å². The minimum Gasteiger partial charge on any atom is -0.338 e. The van der Waals surface area contributed by atoms with Crippen molar-refractivity contribution in [3.8, 4) is 0 Å². The van der Waals surface area contributed by atoms with Gasteiger partial charge in [0.25, 0.3) is 0 Å². The van der Waals surface area contributed by atoms with Gasteiger partial charge in [0.1, 0.15) is 0 Å². The second-order valence-corrected chi connectivity index (χ2v) is 9.06. The summed E-state index contributed by atoms with van der Waals surface area (Å²) in [6, 6.07) is 13.1. The molecule has 1 aliphatic carbocycles. The van der Waals surface area contributed by atoms with Gasteiger partial charge in [-0.15, -0.1) is 0 Å². The molecule has 0 aromatic heterocycles. The van der Waals surface area contributed by atoms with Crippen LogP contribution in [0.15, 0.2) is 47.4 Å². The topological polar surface area (TPSA) is 66.5 Å². The van der Waals surface area contributed by atoms with Gasteiger partial charge in [0, 0.05) is 26.1 Å². The van der Waals surface area contributed by atoms with Gasteiger partial charge in [-0.3, -0.25) is 4.79 Å². The minimum atomic E-state index is -3.57. The van der Waals surface area contributed by atoms with Crippen molar-refractivity contribution in [2.75, 3.05) is 6.54 Å². The van der Waals surface area contributed by atoms with Crippen molar-refractivity contribution in [2.45, 2.75) is 50.1 Å². The molecule has 0 spiro atoms. The molecule has 2 aromatic rings. The van der Waals surface area contributed by atoms with Gasteiger partial charge < -0.3 is 4.90 Å². The van der Waals surface area contributed by atoms with Crippen LogP contribution in [-0.2, 0) is 40.7 Å². The van der Waals surface area contributed by atoms with E-state index in [1.807, 2.05) is 35.2 Å². The Kier molecular flexibility index (Phi) is 5.02. The van der Waals surface area contributed by atoms with Crippen LogP contribution in [0, 0.1) is 0 Å². The lowest BCUT2D eigenvalue weighted by molar-refractivity contribution is -0.128. The van der Waals surface area contributed by atoms with Crippen molar-refractivity contribution in [2.24, 2.45) is 0 Å². The smallest absolute Gasteiger partial charge is 0.240 e. The number of hydrogen-bond acceptors (Lipinski definition) is 3. The number of nitrogens with zero attached hydrogens (tertiary/aromatic N) is 1. The van der Waals surface area contributed by atoms with Crippen molar-refractivity contribution in [3.05, 3.63) is 64.7 Å². The fourth-order valence-corrected chi connectivity index (χ4v) is 4.99. The predicted octanol–water partition coefficient (Wildman–Crippen LogP) is 2.78. The summed E-state index contributed by atoms with van der Waals surface area (Å²) in [5.74, 6) is 0.170. The average molecular weight is 385 g/mol. The van der Waals surface area contributed by atoms with Crippen molar-refractivity contribution in [1.29, 1.82) is 0 Å². The lowest BCUT2D eigenvalue weighted by Gasteiger charge is -2.18. The predicted molar refractivity (Wildman–Crippen MR) is 104 cm³/mol. The number of rotatable bonds is 6. The van der Waals surface area contributed by atoms with Gasteiger partial charge in [0.2, 0.25) is 15.9 Å². The number of aryl methyl sites for hydroxylation is 2. The minimum absolute atomic E-state index is 0.170. The van der Waals surface area contributed by atoms with Crippen LogP contribution in [0.5, 0.6) is 0 Å². The molecule has 1 amide bonds. The standard InChI is InChI=1S/C21H24N2O3S/c24-21-9-4-12-23(21)15-19-6-2-1-5-18(19)14-22-27(25,26)20-11-10-16-7-3-8-17(16)13-20/h1-2,5-6,10-11,13,22H,3-4,7-9,12,14-15H2. The Morgan fingerprint density at radius 1 is 0.926 bits per heavy atom. The summed E-state index contributed by atoms with van der Waals surface area (Å²) in [5, 5.41) is 0. The fraction of sp³-hybridized carbons (Fsp3) is 0.381. The van der Waals surface area contributed by atoms with Gasteiger partial charge in [-0.25, -0.2) is 13.1 Å². The second kappa shape index (κ2) is 7.44. The molecule has 6 heteroatoms. The summed E-state index contributed by atoms with van der Waals surface area (Å²) in [6.07, 6.45) is 4.57. The molecular formula is C21H24N2O3S. The monoisotopic (exact) mass is 384 g/mol. The highest BCUT2D eigenvalue weighted by atomic mass is 32.2. The Morgan fingerprint density at radius 2 is 1.70 bits per heavy atom. The molecule has 2 aromatic carbocycles. The van der Waals surface area contributed by atoms with E-state index in [0.717, 1.165) is 48.9 Å². The summed E-state index contributed by atoms with van der Waals surface area (Å²) in [6.45, 7) is 1.53. The second-order valence-electron chi connectivity index (χ2n) is 7.30. The first kappa shape index (κ1) is 18.2. The Labute approximate surface area is 160 Å². The molecule has 1 aliphatic heterocycles. The van der Waals surface area contributed by atoms with Gasteiger partial charge in [-0.1, -0.05) is 30.3 Å². The summed E-state index contributed by atoms with van der Waals surface area (Å²) in [5.41, 5.74) is 4.30. The van der Waals surface area contributed by atoms with E-state index in [9.17, 15) is 13.2 Å². The van der Waals surface area contributed by atoms with Crippen LogP contribution < -0.4 is 4.72 Å². The third-order valence-electron chi connectivity index (χ3n) is 5.48. The molecule has 5 nitrogen and oxygen atoms in total. The molecule has 0 atom stereocenters. The average Bonchev–Trinajstić information content (AvgIpc) is 3.29. The SMILES string of the molecule is O=C1CCCN1Cc1ccccc1CNS(=O)(=O)c1ccc2c(c1)CCC2. The quantitative estimate of drug-likeness (QED) is 0.833. The first-order valence-electron chi connectivity index (χ1n) is 9.49. The van der Waals surface area contributed by atoms with E-state index in [-0.39, 0.29) is 12.5 Å². The number of sulfonamides is 1. The third-order valence-corrected chi connectivity index (χ3v) is 6.88. The largest absolute Gasteiger partial charge is 0.338 e. The van der Waals surface area contributed by atoms with Gasteiger partial charge in [-0.2, -0.15) is 0 Å². The number of fused-ring (bicyclic) bond motifs is 1. The molecule has 4 rings (SSSR count). The van der Waals surface area contributed by atoms with Crippen LogP contribution in [-0.4, -0.2) is 25.8 Å². The highest BCUT2D eigenvalue weighted by Gasteiger charge is 2.22. The third kappa shape index (κ3) is 3.92. The maximum Gasteiger partial charge on any atom is 0.240 e. The lowest BCUT2D eigenvalue weighted by atomic mass is 10.1. The number of hydrogen-bond donors (Lipinski definition) is 1. The van der Waals surface area contributed by atoms with E-state index in [1.54, 1.807) is 12.1 Å². The number of benzene rings is 2. The van der Waals surface area contributed by atoms with Gasteiger partial charge in [0.15, 0.2) is 0 Å². The first-order valence-corrected chi connectivity index (χ1v) is 11.0. The fourth-order valence-electron chi connectivity index (χ4n) is 3.93. The van der Waals surface area contributed by atoms with Crippen molar-refractivity contribution in [3.63, 3.8) is 0 Å². The maximum absolute atomic E-state index is 12.7. The van der Waals surface area contributed by atoms with Gasteiger partial charge in [-0.05, 0) is 60.1 Å². The lowest BCUT2D eigenvalue weighted by Crippen LogP contribution is -2.27. The van der Waals surface area contributed by atoms with Gasteiger partial charge >= 0.3 is 0 Å². The molecule has 0 radical (unpaired) electrons. The molecule has 142 valence electrons. The molecule has 27 heavy (non-hydrogen) atoms. The summed E-state index contributed by atoms with van der Waals surface area (Å²) < 4.78 is 28.2. The Bertz CT molecular complexity index is 969. The highest BCUT2D eigenvalue weighted by Crippen LogP contribution is 2.25. The van der Waals surface area contributed by atoms with E-state index in [4.69, 9.17) is 0 Å². The van der Waals surface area contributed by atoms with E-state index in [0.29, 0.717) is 17.9 Å². The molecule has 1 N–H and O–H groups in total. The number of carbonyl (C=O) groups excluding carboxylic acids is 1. The van der Waals surface area contributed by atoms with Crippen molar-refractivity contribution < 1.29 is 13.2 Å². The zero-order chi connectivity index (χ0) is 18.9. The maximum atomic E-state index is 12.7. The Hall–Kier alpha value is -2.18. The highest BCUT2D eigenvalue weighted by molar-refractivity contribution is 7.89. The molecule has 0 bridgehead atoms. The summed E-state index contributed by atoms with van der Waals surface area (Å²) in [7, 11) is -3.57. The van der Waals surface area contributed by atoms with Crippen LogP contribution in [0.1, 0.15) is 41.5 Å². The van der Waals surface area contributed by atoms with Crippen LogP contribution in [0.4, 0.5) is 0 Å². The van der Waals surface area contributed by atoms with E-state index < -0.39 is 10.0 Å². The van der Waals surface area contributed by atoms with Gasteiger partial charge in [0.05, 0.1) is 4.90 Å². The number of likely N-dealkylation sites (tertiary alicyclic amines) is 1. The summed E-state index contributed by atoms with van der Waals surface area (Å²) in [4.78, 5) is 14.1. The molecule has 0 unspecified atom stereocenters. The molecular weight excluding hydrogens is 360 g/mol. The van der Waals surface area contributed by atoms with Crippen LogP contribution >= 0.6 is 0 Å².